The molecule has 1 aliphatic carbocycles. The smallest absolute Gasteiger partial charge is 0.251 e. The van der Waals surface area contributed by atoms with Crippen molar-refractivity contribution in [1.82, 2.24) is 10.6 Å². The van der Waals surface area contributed by atoms with Crippen LogP contribution in [0.3, 0.4) is 0 Å². The van der Waals surface area contributed by atoms with Crippen LogP contribution < -0.4 is 10.6 Å². The molecule has 1 fully saturated rings. The molecule has 0 aromatic heterocycles. The summed E-state index contributed by atoms with van der Waals surface area (Å²) in [6, 6.07) is 13.3. The van der Waals surface area contributed by atoms with Crippen LogP contribution >= 0.6 is 0 Å². The number of carbonyl (C=O) groups excluding carboxylic acids is 3. The first-order chi connectivity index (χ1) is 14.1. The normalized spacial score (nSPS) is 14.6. The van der Waals surface area contributed by atoms with E-state index in [4.69, 9.17) is 0 Å². The Morgan fingerprint density at radius 2 is 1.90 bits per heavy atom. The van der Waals surface area contributed by atoms with Gasteiger partial charge in [0.2, 0.25) is 5.91 Å². The van der Waals surface area contributed by atoms with Crippen LogP contribution in [0.5, 0.6) is 0 Å². The van der Waals surface area contributed by atoms with Gasteiger partial charge in [-0.2, -0.15) is 5.26 Å². The van der Waals surface area contributed by atoms with E-state index >= 15 is 0 Å². The fraction of sp³-hybridized carbons (Fsp3) is 0.304. The molecule has 148 valence electrons. The summed E-state index contributed by atoms with van der Waals surface area (Å²) in [7, 11) is 1.56. The molecule has 1 saturated carbocycles. The second kappa shape index (κ2) is 9.16. The maximum absolute atomic E-state index is 13.0. The number of amides is 2. The standard InChI is InChI=1S/C23H23N3O3/c1-25-23(29)21(16-6-2-3-7-16)26-22(28)19-11-15(14-27)10-18(12-19)20-9-5-4-8-17(20)13-24/h4-5,8-12,14,16,21H,2-3,6-7H2,1H3,(H,25,29)(H,26,28)/t21-/m1/s1. The van der Waals surface area contributed by atoms with Crippen molar-refractivity contribution in [1.29, 1.82) is 5.26 Å². The van der Waals surface area contributed by atoms with E-state index in [1.165, 1.54) is 6.07 Å². The van der Waals surface area contributed by atoms with Crippen LogP contribution in [0.4, 0.5) is 0 Å². The van der Waals surface area contributed by atoms with E-state index in [9.17, 15) is 19.6 Å². The molecule has 6 heteroatoms. The molecule has 0 heterocycles. The van der Waals surface area contributed by atoms with Crippen LogP contribution in [0.1, 0.15) is 52.0 Å². The van der Waals surface area contributed by atoms with Crippen molar-refractivity contribution < 1.29 is 14.4 Å². The second-order valence-corrected chi connectivity index (χ2v) is 7.23. The Morgan fingerprint density at radius 3 is 2.55 bits per heavy atom. The highest BCUT2D eigenvalue weighted by Gasteiger charge is 2.31. The van der Waals surface area contributed by atoms with Crippen molar-refractivity contribution in [3.05, 3.63) is 59.2 Å². The minimum Gasteiger partial charge on any atom is -0.357 e. The van der Waals surface area contributed by atoms with Crippen LogP contribution in [0.15, 0.2) is 42.5 Å². The molecule has 3 rings (SSSR count). The lowest BCUT2D eigenvalue weighted by molar-refractivity contribution is -0.123. The highest BCUT2D eigenvalue weighted by molar-refractivity contribution is 6.00. The van der Waals surface area contributed by atoms with Crippen molar-refractivity contribution in [2.24, 2.45) is 5.92 Å². The number of rotatable bonds is 6. The lowest BCUT2D eigenvalue weighted by Gasteiger charge is -2.23. The molecule has 2 aromatic rings. The molecule has 0 bridgehead atoms. The van der Waals surface area contributed by atoms with Crippen LogP contribution in [-0.2, 0) is 4.79 Å². The topological polar surface area (TPSA) is 99.1 Å². The molecular formula is C23H23N3O3. The van der Waals surface area contributed by atoms with Crippen molar-refractivity contribution in [3.63, 3.8) is 0 Å². The van der Waals surface area contributed by atoms with Gasteiger partial charge in [-0.1, -0.05) is 31.0 Å². The first-order valence-electron chi connectivity index (χ1n) is 9.69. The number of carbonyl (C=O) groups is 3. The number of nitriles is 1. The van der Waals surface area contributed by atoms with Gasteiger partial charge in [0.05, 0.1) is 11.6 Å². The maximum atomic E-state index is 13.0. The Kier molecular flexibility index (Phi) is 6.40. The van der Waals surface area contributed by atoms with E-state index < -0.39 is 11.9 Å². The van der Waals surface area contributed by atoms with Crippen molar-refractivity contribution in [3.8, 4) is 17.2 Å². The zero-order valence-electron chi connectivity index (χ0n) is 16.3. The van der Waals surface area contributed by atoms with Crippen LogP contribution in [-0.4, -0.2) is 31.2 Å². The molecule has 0 aliphatic heterocycles. The molecule has 2 N–H and O–H groups in total. The highest BCUT2D eigenvalue weighted by atomic mass is 16.2. The summed E-state index contributed by atoms with van der Waals surface area (Å²) in [5.74, 6) is -0.524. The van der Waals surface area contributed by atoms with Gasteiger partial charge in [0.15, 0.2) is 0 Å². The molecule has 1 aliphatic rings. The molecule has 0 saturated heterocycles. The number of hydrogen-bond donors (Lipinski definition) is 2. The first-order valence-corrected chi connectivity index (χ1v) is 9.69. The van der Waals surface area contributed by atoms with Gasteiger partial charge in [-0.3, -0.25) is 14.4 Å². The van der Waals surface area contributed by atoms with Crippen molar-refractivity contribution >= 4 is 18.1 Å². The number of benzene rings is 2. The van der Waals surface area contributed by atoms with Gasteiger partial charge in [-0.25, -0.2) is 0 Å². The van der Waals surface area contributed by atoms with E-state index in [1.807, 2.05) is 0 Å². The zero-order valence-corrected chi connectivity index (χ0v) is 16.3. The summed E-state index contributed by atoms with van der Waals surface area (Å²) in [4.78, 5) is 36.8. The number of nitrogens with one attached hydrogen (secondary N) is 2. The fourth-order valence-corrected chi connectivity index (χ4v) is 3.91. The molecule has 0 radical (unpaired) electrons. The summed E-state index contributed by atoms with van der Waals surface area (Å²) in [5.41, 5.74) is 2.32. The SMILES string of the molecule is CNC(=O)[C@H](NC(=O)c1cc(C=O)cc(-c2ccccc2C#N)c1)C1CCCC1. The van der Waals surface area contributed by atoms with Crippen molar-refractivity contribution in [2.75, 3.05) is 7.05 Å². The van der Waals surface area contributed by atoms with Crippen LogP contribution in [0.25, 0.3) is 11.1 Å². The van der Waals surface area contributed by atoms with Gasteiger partial charge in [-0.05, 0) is 54.2 Å². The average molecular weight is 389 g/mol. The molecule has 6 nitrogen and oxygen atoms in total. The molecule has 2 amide bonds. The van der Waals surface area contributed by atoms with Gasteiger partial charge in [-0.15, -0.1) is 0 Å². The van der Waals surface area contributed by atoms with E-state index in [-0.39, 0.29) is 17.4 Å². The van der Waals surface area contributed by atoms with Gasteiger partial charge in [0.1, 0.15) is 12.3 Å². The van der Waals surface area contributed by atoms with Gasteiger partial charge in [0, 0.05) is 18.2 Å². The summed E-state index contributed by atoms with van der Waals surface area (Å²) in [6.45, 7) is 0. The Bertz CT molecular complexity index is 972. The zero-order chi connectivity index (χ0) is 20.8. The summed E-state index contributed by atoms with van der Waals surface area (Å²) in [6.07, 6.45) is 4.55. The van der Waals surface area contributed by atoms with E-state index in [0.29, 0.717) is 28.5 Å². The maximum Gasteiger partial charge on any atom is 0.251 e. The Morgan fingerprint density at radius 1 is 1.17 bits per heavy atom. The Balaban J connectivity index is 1.95. The molecule has 0 unspecified atom stereocenters. The first kappa shape index (κ1) is 20.3. The third kappa shape index (κ3) is 4.52. The number of hydrogen-bond acceptors (Lipinski definition) is 4. The Labute approximate surface area is 169 Å². The van der Waals surface area contributed by atoms with Crippen LogP contribution in [0.2, 0.25) is 0 Å². The monoisotopic (exact) mass is 389 g/mol. The fourth-order valence-electron chi connectivity index (χ4n) is 3.91. The van der Waals surface area contributed by atoms with E-state index in [2.05, 4.69) is 16.7 Å². The Hall–Kier alpha value is -3.46. The van der Waals surface area contributed by atoms with Crippen molar-refractivity contribution in [2.45, 2.75) is 31.7 Å². The highest BCUT2D eigenvalue weighted by Crippen LogP contribution is 2.29. The summed E-state index contributed by atoms with van der Waals surface area (Å²) >= 11 is 0. The molecule has 29 heavy (non-hydrogen) atoms. The number of nitrogens with zero attached hydrogens (tertiary/aromatic N) is 1. The van der Waals surface area contributed by atoms with Gasteiger partial charge < -0.3 is 10.6 Å². The molecule has 1 atom stereocenters. The average Bonchev–Trinajstić information content (AvgIpc) is 3.30. The van der Waals surface area contributed by atoms with E-state index in [0.717, 1.165) is 25.7 Å². The van der Waals surface area contributed by atoms with Gasteiger partial charge in [0.25, 0.3) is 5.91 Å². The third-order valence-electron chi connectivity index (χ3n) is 5.40. The number of likely N-dealkylation sites (N-methyl/N-ethyl adjacent to an activating group) is 1. The predicted molar refractivity (Wildman–Crippen MR) is 109 cm³/mol. The molecular weight excluding hydrogens is 366 g/mol. The lowest BCUT2D eigenvalue weighted by Crippen LogP contribution is -2.49. The summed E-state index contributed by atoms with van der Waals surface area (Å²) in [5, 5.41) is 14.9. The van der Waals surface area contributed by atoms with E-state index in [1.54, 1.807) is 43.4 Å². The molecule has 0 spiro atoms. The van der Waals surface area contributed by atoms with Crippen LogP contribution in [0, 0.1) is 17.2 Å². The minimum absolute atomic E-state index is 0.104. The van der Waals surface area contributed by atoms with Gasteiger partial charge >= 0.3 is 0 Å². The molecule has 2 aromatic carbocycles. The largest absolute Gasteiger partial charge is 0.357 e. The number of aldehydes is 1. The predicted octanol–water partition coefficient (Wildman–Crippen LogP) is 3.07. The minimum atomic E-state index is -0.607. The second-order valence-electron chi connectivity index (χ2n) is 7.23. The summed E-state index contributed by atoms with van der Waals surface area (Å²) < 4.78 is 0. The quantitative estimate of drug-likeness (QED) is 0.742. The third-order valence-corrected chi connectivity index (χ3v) is 5.40. The lowest BCUT2D eigenvalue weighted by atomic mass is 9.95.